The molecule has 0 radical (unpaired) electrons. The Labute approximate surface area is 143 Å². The van der Waals surface area contributed by atoms with E-state index < -0.39 is 11.9 Å². The highest BCUT2D eigenvalue weighted by Crippen LogP contribution is 2.29. The van der Waals surface area contributed by atoms with Crippen molar-refractivity contribution in [2.45, 2.75) is 32.2 Å². The van der Waals surface area contributed by atoms with Crippen LogP contribution in [0.4, 0.5) is 0 Å². The fourth-order valence-corrected chi connectivity index (χ4v) is 2.42. The maximum Gasteiger partial charge on any atom is 0.414 e. The fraction of sp³-hybridized carbons (Fsp3) is 0.294. The smallest absolute Gasteiger partial charge is 0.414 e. The van der Waals surface area contributed by atoms with E-state index in [2.05, 4.69) is 27.7 Å². The first kappa shape index (κ1) is 18.2. The Hall–Kier alpha value is -3.16. The van der Waals surface area contributed by atoms with E-state index in [9.17, 15) is 0 Å². The number of aliphatic carboxylic acids is 2. The average Bonchev–Trinajstić information content (AvgIpc) is 3.26. The highest BCUT2D eigenvalue weighted by Gasteiger charge is 2.19. The van der Waals surface area contributed by atoms with Crippen LogP contribution in [0.2, 0.25) is 0 Å². The van der Waals surface area contributed by atoms with Crippen molar-refractivity contribution >= 4 is 22.9 Å². The number of hydrogen-bond acceptors (Lipinski definition) is 5. The molecule has 0 aliphatic carbocycles. The summed E-state index contributed by atoms with van der Waals surface area (Å²) < 4.78 is 7.54. The largest absolute Gasteiger partial charge is 0.473 e. The molecule has 0 saturated heterocycles. The zero-order valence-electron chi connectivity index (χ0n) is 13.7. The molecule has 0 aliphatic rings. The molecule has 0 saturated carbocycles. The number of carboxylic acids is 2. The van der Waals surface area contributed by atoms with Gasteiger partial charge >= 0.3 is 11.9 Å². The van der Waals surface area contributed by atoms with Crippen LogP contribution in [-0.2, 0) is 9.59 Å². The van der Waals surface area contributed by atoms with Gasteiger partial charge in [0, 0.05) is 17.8 Å². The van der Waals surface area contributed by atoms with Gasteiger partial charge in [-0.2, -0.15) is 0 Å². The summed E-state index contributed by atoms with van der Waals surface area (Å²) in [5.41, 5.74) is 1.85. The van der Waals surface area contributed by atoms with Crippen molar-refractivity contribution in [2.24, 2.45) is 0 Å². The first-order chi connectivity index (χ1) is 12.0. The molecule has 1 aromatic carbocycles. The van der Waals surface area contributed by atoms with E-state index >= 15 is 0 Å². The van der Waals surface area contributed by atoms with Crippen molar-refractivity contribution in [3.05, 3.63) is 48.7 Å². The summed E-state index contributed by atoms with van der Waals surface area (Å²) in [5.74, 6) is -3.65. The molecule has 0 amide bonds. The molecule has 0 fully saturated rings. The minimum absolute atomic E-state index is 0.200. The second-order valence-electron chi connectivity index (χ2n) is 5.34. The van der Waals surface area contributed by atoms with Crippen molar-refractivity contribution in [1.29, 1.82) is 0 Å². The zero-order chi connectivity index (χ0) is 18.2. The van der Waals surface area contributed by atoms with Gasteiger partial charge in [0.1, 0.15) is 5.69 Å². The SMILES string of the molecule is CCCCC(c1noc2ccccc12)n1ccnc1.O=C(O)C(=O)O. The highest BCUT2D eigenvalue weighted by atomic mass is 16.5. The molecule has 25 heavy (non-hydrogen) atoms. The van der Waals surface area contributed by atoms with Crippen LogP contribution in [0.3, 0.4) is 0 Å². The lowest BCUT2D eigenvalue weighted by Gasteiger charge is -2.15. The molecule has 132 valence electrons. The number of benzene rings is 1. The van der Waals surface area contributed by atoms with Gasteiger partial charge in [0.05, 0.1) is 12.4 Å². The normalized spacial score (nSPS) is 11.6. The summed E-state index contributed by atoms with van der Waals surface area (Å²) in [6.45, 7) is 2.20. The van der Waals surface area contributed by atoms with E-state index in [0.29, 0.717) is 0 Å². The summed E-state index contributed by atoms with van der Waals surface area (Å²) in [4.78, 5) is 22.3. The number of nitrogens with zero attached hydrogens (tertiary/aromatic N) is 3. The number of hydrogen-bond donors (Lipinski definition) is 2. The Morgan fingerprint density at radius 3 is 2.56 bits per heavy atom. The van der Waals surface area contributed by atoms with E-state index in [-0.39, 0.29) is 6.04 Å². The van der Waals surface area contributed by atoms with Crippen LogP contribution in [0.5, 0.6) is 0 Å². The lowest BCUT2D eigenvalue weighted by atomic mass is 10.0. The predicted octanol–water partition coefficient (Wildman–Crippen LogP) is 2.96. The molecule has 3 rings (SSSR count). The predicted molar refractivity (Wildman–Crippen MR) is 89.2 cm³/mol. The molecular weight excluding hydrogens is 326 g/mol. The molecule has 0 bridgehead atoms. The Kier molecular flexibility index (Phi) is 6.27. The Balaban J connectivity index is 0.000000326. The number of unbranched alkanes of at least 4 members (excludes halogenated alkanes) is 1. The quantitative estimate of drug-likeness (QED) is 0.682. The van der Waals surface area contributed by atoms with Crippen LogP contribution in [0.25, 0.3) is 11.0 Å². The van der Waals surface area contributed by atoms with E-state index in [1.54, 1.807) is 6.20 Å². The van der Waals surface area contributed by atoms with E-state index in [1.807, 2.05) is 30.7 Å². The molecule has 2 N–H and O–H groups in total. The molecule has 3 aromatic rings. The van der Waals surface area contributed by atoms with Crippen LogP contribution < -0.4 is 0 Å². The highest BCUT2D eigenvalue weighted by molar-refractivity contribution is 6.27. The second kappa shape index (κ2) is 8.62. The molecule has 1 unspecified atom stereocenters. The van der Waals surface area contributed by atoms with E-state index in [0.717, 1.165) is 29.5 Å². The summed E-state index contributed by atoms with van der Waals surface area (Å²) in [6.07, 6.45) is 9.02. The molecule has 1 atom stereocenters. The van der Waals surface area contributed by atoms with E-state index in [4.69, 9.17) is 24.3 Å². The molecule has 0 spiro atoms. The van der Waals surface area contributed by atoms with Crippen molar-refractivity contribution in [2.75, 3.05) is 0 Å². The molecule has 0 aliphatic heterocycles. The maximum atomic E-state index is 9.10. The van der Waals surface area contributed by atoms with Gasteiger partial charge < -0.3 is 19.3 Å². The van der Waals surface area contributed by atoms with Crippen molar-refractivity contribution in [1.82, 2.24) is 14.7 Å². The van der Waals surface area contributed by atoms with Gasteiger partial charge in [0.15, 0.2) is 5.58 Å². The van der Waals surface area contributed by atoms with Gasteiger partial charge in [-0.05, 0) is 18.6 Å². The standard InChI is InChI=1S/C15H17N3O.C2H2O4/c1-2-3-7-13(18-10-9-16-11-18)15-12-6-4-5-8-14(12)19-17-15;3-1(4)2(5)6/h4-6,8-11,13H,2-3,7H2,1H3;(H,3,4)(H,5,6). The third kappa shape index (κ3) is 4.66. The van der Waals surface area contributed by atoms with Crippen molar-refractivity contribution in [3.63, 3.8) is 0 Å². The minimum atomic E-state index is -1.82. The van der Waals surface area contributed by atoms with Gasteiger partial charge in [-0.1, -0.05) is 37.1 Å². The molecule has 2 aromatic heterocycles. The lowest BCUT2D eigenvalue weighted by Crippen LogP contribution is -2.09. The summed E-state index contributed by atoms with van der Waals surface area (Å²) in [6, 6.07) is 8.21. The van der Waals surface area contributed by atoms with Crippen LogP contribution >= 0.6 is 0 Å². The molecule has 8 heteroatoms. The average molecular weight is 345 g/mol. The second-order valence-corrected chi connectivity index (χ2v) is 5.34. The van der Waals surface area contributed by atoms with Crippen LogP contribution in [0, 0.1) is 0 Å². The van der Waals surface area contributed by atoms with Gasteiger partial charge in [-0.15, -0.1) is 0 Å². The summed E-state index contributed by atoms with van der Waals surface area (Å²) >= 11 is 0. The number of carbonyl (C=O) groups is 2. The van der Waals surface area contributed by atoms with Gasteiger partial charge in [0.2, 0.25) is 0 Å². The number of rotatable bonds is 5. The van der Waals surface area contributed by atoms with Crippen LogP contribution in [0.1, 0.15) is 37.9 Å². The first-order valence-corrected chi connectivity index (χ1v) is 7.82. The van der Waals surface area contributed by atoms with Crippen molar-refractivity contribution < 1.29 is 24.3 Å². The maximum absolute atomic E-state index is 9.10. The minimum Gasteiger partial charge on any atom is -0.473 e. The monoisotopic (exact) mass is 345 g/mol. The topological polar surface area (TPSA) is 118 Å². The van der Waals surface area contributed by atoms with Gasteiger partial charge in [-0.25, -0.2) is 14.6 Å². The Morgan fingerprint density at radius 1 is 1.24 bits per heavy atom. The van der Waals surface area contributed by atoms with Crippen LogP contribution in [-0.4, -0.2) is 36.9 Å². The van der Waals surface area contributed by atoms with Gasteiger partial charge in [-0.3, -0.25) is 0 Å². The molecular formula is C17H19N3O5. The van der Waals surface area contributed by atoms with Gasteiger partial charge in [0.25, 0.3) is 0 Å². The summed E-state index contributed by atoms with van der Waals surface area (Å²) in [7, 11) is 0. The molecule has 8 nitrogen and oxygen atoms in total. The first-order valence-electron chi connectivity index (χ1n) is 7.82. The summed E-state index contributed by atoms with van der Waals surface area (Å²) in [5, 5.41) is 20.2. The number of imidazole rings is 1. The van der Waals surface area contributed by atoms with E-state index in [1.165, 1.54) is 6.42 Å². The fourth-order valence-electron chi connectivity index (χ4n) is 2.42. The molecule has 2 heterocycles. The van der Waals surface area contributed by atoms with Crippen LogP contribution in [0.15, 0.2) is 47.5 Å². The number of aromatic nitrogens is 3. The lowest BCUT2D eigenvalue weighted by molar-refractivity contribution is -0.159. The van der Waals surface area contributed by atoms with Crippen molar-refractivity contribution in [3.8, 4) is 0 Å². The Morgan fingerprint density at radius 2 is 1.96 bits per heavy atom. The third-order valence-electron chi connectivity index (χ3n) is 3.62. The number of fused-ring (bicyclic) bond motifs is 1. The zero-order valence-corrected chi connectivity index (χ0v) is 13.7. The number of para-hydroxylation sites is 1. The Bertz CT molecular complexity index is 814. The number of carboxylic acid groups (broad SMARTS) is 2. The third-order valence-corrected chi connectivity index (χ3v) is 3.62.